The van der Waals surface area contributed by atoms with Crippen molar-refractivity contribution < 1.29 is 0 Å². The monoisotopic (exact) mass is 228 g/mol. The highest BCUT2D eigenvalue weighted by atomic mass is 14.8. The standard InChI is InChI=1S/C15H20N2/c1-3-12(2)9-17-10-13-4-5-15-11-16-7-6-14(15)8-13/h4-8,11-12,17H,3,9-10H2,1-2H3. The minimum atomic E-state index is 0.750. The van der Waals surface area contributed by atoms with Crippen molar-refractivity contribution in [2.24, 2.45) is 5.92 Å². The third kappa shape index (κ3) is 3.27. The van der Waals surface area contributed by atoms with Crippen LogP contribution in [0.15, 0.2) is 36.7 Å². The molecule has 0 saturated carbocycles. The summed E-state index contributed by atoms with van der Waals surface area (Å²) in [6, 6.07) is 8.62. The lowest BCUT2D eigenvalue weighted by Crippen LogP contribution is -2.20. The first-order chi connectivity index (χ1) is 8.29. The van der Waals surface area contributed by atoms with Crippen molar-refractivity contribution in [3.05, 3.63) is 42.2 Å². The van der Waals surface area contributed by atoms with Crippen LogP contribution in [-0.2, 0) is 6.54 Å². The van der Waals surface area contributed by atoms with Gasteiger partial charge < -0.3 is 5.32 Å². The lowest BCUT2D eigenvalue weighted by molar-refractivity contribution is 0.500. The number of hydrogen-bond acceptors (Lipinski definition) is 2. The van der Waals surface area contributed by atoms with Gasteiger partial charge in [0.05, 0.1) is 0 Å². The van der Waals surface area contributed by atoms with Crippen LogP contribution in [0.3, 0.4) is 0 Å². The molecule has 1 unspecified atom stereocenters. The first kappa shape index (κ1) is 12.1. The Kier molecular flexibility index (Phi) is 4.10. The van der Waals surface area contributed by atoms with Crippen LogP contribution in [0, 0.1) is 5.92 Å². The number of benzene rings is 1. The summed E-state index contributed by atoms with van der Waals surface area (Å²) in [5.41, 5.74) is 1.34. The van der Waals surface area contributed by atoms with Crippen molar-refractivity contribution in [3.8, 4) is 0 Å². The molecule has 2 rings (SSSR count). The third-order valence-corrected chi connectivity index (χ3v) is 3.22. The topological polar surface area (TPSA) is 24.9 Å². The van der Waals surface area contributed by atoms with Gasteiger partial charge in [-0.3, -0.25) is 4.98 Å². The highest BCUT2D eigenvalue weighted by Crippen LogP contribution is 2.14. The van der Waals surface area contributed by atoms with E-state index < -0.39 is 0 Å². The number of nitrogens with one attached hydrogen (secondary N) is 1. The normalized spacial score (nSPS) is 12.8. The Bertz CT molecular complexity index is 479. The van der Waals surface area contributed by atoms with Gasteiger partial charge in [0.25, 0.3) is 0 Å². The Morgan fingerprint density at radius 2 is 2.12 bits per heavy atom. The summed E-state index contributed by atoms with van der Waals surface area (Å²) in [4.78, 5) is 4.12. The summed E-state index contributed by atoms with van der Waals surface area (Å²) in [5, 5.41) is 5.97. The predicted octanol–water partition coefficient (Wildman–Crippen LogP) is 3.37. The van der Waals surface area contributed by atoms with Crippen molar-refractivity contribution in [1.82, 2.24) is 10.3 Å². The summed E-state index contributed by atoms with van der Waals surface area (Å²) in [6.45, 7) is 6.54. The van der Waals surface area contributed by atoms with Crippen LogP contribution in [-0.4, -0.2) is 11.5 Å². The number of nitrogens with zero attached hydrogens (tertiary/aromatic N) is 1. The number of rotatable bonds is 5. The molecule has 17 heavy (non-hydrogen) atoms. The van der Waals surface area contributed by atoms with E-state index in [0.29, 0.717) is 0 Å². The molecule has 1 heterocycles. The van der Waals surface area contributed by atoms with Crippen LogP contribution in [0.2, 0.25) is 0 Å². The Hall–Kier alpha value is -1.41. The lowest BCUT2D eigenvalue weighted by atomic mass is 10.1. The summed E-state index contributed by atoms with van der Waals surface area (Å²) < 4.78 is 0. The fourth-order valence-corrected chi connectivity index (χ4v) is 1.85. The maximum atomic E-state index is 4.12. The molecular weight excluding hydrogens is 208 g/mol. The molecule has 1 atom stereocenters. The SMILES string of the molecule is CCC(C)CNCc1ccc2cnccc2c1. The van der Waals surface area contributed by atoms with E-state index in [1.54, 1.807) is 0 Å². The zero-order valence-electron chi connectivity index (χ0n) is 10.6. The van der Waals surface area contributed by atoms with Crippen molar-refractivity contribution in [2.45, 2.75) is 26.8 Å². The molecule has 0 aliphatic heterocycles. The number of aromatic nitrogens is 1. The number of fused-ring (bicyclic) bond motifs is 1. The molecule has 1 N–H and O–H groups in total. The molecular formula is C15H20N2. The molecule has 0 spiro atoms. The molecule has 0 fully saturated rings. The molecule has 0 bridgehead atoms. The first-order valence-electron chi connectivity index (χ1n) is 6.33. The van der Waals surface area contributed by atoms with Gasteiger partial charge in [0, 0.05) is 24.3 Å². The second-order valence-electron chi connectivity index (χ2n) is 4.70. The molecule has 90 valence electrons. The van der Waals surface area contributed by atoms with Gasteiger partial charge in [-0.25, -0.2) is 0 Å². The minimum Gasteiger partial charge on any atom is -0.312 e. The van der Waals surface area contributed by atoms with Crippen molar-refractivity contribution >= 4 is 10.8 Å². The van der Waals surface area contributed by atoms with Gasteiger partial charge in [-0.2, -0.15) is 0 Å². The molecule has 0 saturated heterocycles. The molecule has 2 aromatic rings. The first-order valence-corrected chi connectivity index (χ1v) is 6.33. The third-order valence-electron chi connectivity index (χ3n) is 3.22. The predicted molar refractivity (Wildman–Crippen MR) is 72.9 cm³/mol. The quantitative estimate of drug-likeness (QED) is 0.848. The molecule has 1 aromatic carbocycles. The maximum absolute atomic E-state index is 4.12. The van der Waals surface area contributed by atoms with Gasteiger partial charge in [0.1, 0.15) is 0 Å². The summed E-state index contributed by atoms with van der Waals surface area (Å²) in [6.07, 6.45) is 4.99. The van der Waals surface area contributed by atoms with Crippen LogP contribution in [0.4, 0.5) is 0 Å². The molecule has 0 aliphatic rings. The van der Waals surface area contributed by atoms with Crippen LogP contribution in [0.5, 0.6) is 0 Å². The highest BCUT2D eigenvalue weighted by Gasteiger charge is 1.99. The van der Waals surface area contributed by atoms with E-state index in [1.807, 2.05) is 12.4 Å². The average molecular weight is 228 g/mol. The van der Waals surface area contributed by atoms with E-state index in [1.165, 1.54) is 22.8 Å². The zero-order chi connectivity index (χ0) is 12.1. The van der Waals surface area contributed by atoms with Gasteiger partial charge in [0.15, 0.2) is 0 Å². The highest BCUT2D eigenvalue weighted by molar-refractivity contribution is 5.81. The Morgan fingerprint density at radius 1 is 1.24 bits per heavy atom. The summed E-state index contributed by atoms with van der Waals surface area (Å²) in [7, 11) is 0. The van der Waals surface area contributed by atoms with Crippen LogP contribution < -0.4 is 5.32 Å². The summed E-state index contributed by atoms with van der Waals surface area (Å²) in [5.74, 6) is 0.750. The zero-order valence-corrected chi connectivity index (χ0v) is 10.6. The van der Waals surface area contributed by atoms with E-state index in [0.717, 1.165) is 19.0 Å². The fraction of sp³-hybridized carbons (Fsp3) is 0.400. The number of hydrogen-bond donors (Lipinski definition) is 1. The Morgan fingerprint density at radius 3 is 2.94 bits per heavy atom. The van der Waals surface area contributed by atoms with E-state index in [2.05, 4.69) is 48.4 Å². The van der Waals surface area contributed by atoms with Crippen LogP contribution >= 0.6 is 0 Å². The largest absolute Gasteiger partial charge is 0.312 e. The average Bonchev–Trinajstić information content (AvgIpc) is 2.38. The number of pyridine rings is 1. The lowest BCUT2D eigenvalue weighted by Gasteiger charge is -2.10. The van der Waals surface area contributed by atoms with Crippen molar-refractivity contribution in [3.63, 3.8) is 0 Å². The Labute approximate surface area is 103 Å². The van der Waals surface area contributed by atoms with Crippen LogP contribution in [0.1, 0.15) is 25.8 Å². The maximum Gasteiger partial charge on any atom is 0.0346 e. The van der Waals surface area contributed by atoms with Gasteiger partial charge in [-0.05, 0) is 35.5 Å². The van der Waals surface area contributed by atoms with E-state index >= 15 is 0 Å². The van der Waals surface area contributed by atoms with Crippen molar-refractivity contribution in [2.75, 3.05) is 6.54 Å². The Balaban J connectivity index is 1.99. The summed E-state index contributed by atoms with van der Waals surface area (Å²) >= 11 is 0. The molecule has 2 heteroatoms. The van der Waals surface area contributed by atoms with Gasteiger partial charge >= 0.3 is 0 Å². The molecule has 1 aromatic heterocycles. The second kappa shape index (κ2) is 5.78. The van der Waals surface area contributed by atoms with Crippen LogP contribution in [0.25, 0.3) is 10.8 Å². The van der Waals surface area contributed by atoms with E-state index in [4.69, 9.17) is 0 Å². The van der Waals surface area contributed by atoms with E-state index in [9.17, 15) is 0 Å². The molecule has 0 amide bonds. The smallest absolute Gasteiger partial charge is 0.0346 e. The van der Waals surface area contributed by atoms with Gasteiger partial charge in [-0.1, -0.05) is 32.4 Å². The fourth-order valence-electron chi connectivity index (χ4n) is 1.85. The second-order valence-corrected chi connectivity index (χ2v) is 4.70. The molecule has 0 radical (unpaired) electrons. The van der Waals surface area contributed by atoms with Gasteiger partial charge in [0.2, 0.25) is 0 Å². The molecule has 0 aliphatic carbocycles. The van der Waals surface area contributed by atoms with E-state index in [-0.39, 0.29) is 0 Å². The van der Waals surface area contributed by atoms with Gasteiger partial charge in [-0.15, -0.1) is 0 Å². The minimum absolute atomic E-state index is 0.750. The van der Waals surface area contributed by atoms with Crippen molar-refractivity contribution in [1.29, 1.82) is 0 Å². The molecule has 2 nitrogen and oxygen atoms in total.